The van der Waals surface area contributed by atoms with E-state index in [1.807, 2.05) is 36.1 Å². The summed E-state index contributed by atoms with van der Waals surface area (Å²) in [6.45, 7) is 5.71. The Labute approximate surface area is 126 Å². The Morgan fingerprint density at radius 1 is 1.43 bits per heavy atom. The van der Waals surface area contributed by atoms with Crippen molar-refractivity contribution in [3.8, 4) is 0 Å². The van der Waals surface area contributed by atoms with Gasteiger partial charge in [0.15, 0.2) is 0 Å². The summed E-state index contributed by atoms with van der Waals surface area (Å²) in [4.78, 5) is 14.1. The van der Waals surface area contributed by atoms with Gasteiger partial charge in [-0.2, -0.15) is 0 Å². The number of likely N-dealkylation sites (N-methyl/N-ethyl adjacent to an activating group) is 1. The van der Waals surface area contributed by atoms with Gasteiger partial charge in [-0.15, -0.1) is 0 Å². The van der Waals surface area contributed by atoms with E-state index in [1.54, 1.807) is 0 Å². The van der Waals surface area contributed by atoms with Crippen molar-refractivity contribution in [2.24, 2.45) is 0 Å². The molecule has 114 valence electrons. The predicted molar refractivity (Wildman–Crippen MR) is 85.0 cm³/mol. The first-order valence-corrected chi connectivity index (χ1v) is 7.61. The Morgan fingerprint density at radius 3 is 2.90 bits per heavy atom. The lowest BCUT2D eigenvalue weighted by Gasteiger charge is -2.26. The molecule has 1 aliphatic heterocycles. The maximum atomic E-state index is 12.3. The second kappa shape index (κ2) is 8.60. The van der Waals surface area contributed by atoms with Crippen LogP contribution in [0.4, 0.5) is 0 Å². The highest BCUT2D eigenvalue weighted by atomic mass is 16.5. The van der Waals surface area contributed by atoms with Crippen LogP contribution in [-0.2, 0) is 9.53 Å². The van der Waals surface area contributed by atoms with Crippen molar-refractivity contribution >= 4 is 12.0 Å². The summed E-state index contributed by atoms with van der Waals surface area (Å²) in [5, 5.41) is 3.25. The van der Waals surface area contributed by atoms with E-state index in [0.29, 0.717) is 19.6 Å². The smallest absolute Gasteiger partial charge is 0.225 e. The summed E-state index contributed by atoms with van der Waals surface area (Å²) in [6, 6.07) is 10.1. The summed E-state index contributed by atoms with van der Waals surface area (Å²) in [7, 11) is 0. The zero-order valence-corrected chi connectivity index (χ0v) is 12.6. The number of hydrogen-bond acceptors (Lipinski definition) is 3. The van der Waals surface area contributed by atoms with Gasteiger partial charge in [0.05, 0.1) is 19.1 Å². The summed E-state index contributed by atoms with van der Waals surface area (Å²) >= 11 is 0. The van der Waals surface area contributed by atoms with E-state index in [0.717, 1.165) is 25.2 Å². The maximum absolute atomic E-state index is 12.3. The highest BCUT2D eigenvalue weighted by molar-refractivity contribution is 5.77. The van der Waals surface area contributed by atoms with Gasteiger partial charge in [-0.25, -0.2) is 0 Å². The standard InChI is InChI=1S/C17H24N2O2/c1-2-19(11-6-9-15-7-4-3-5-8-15)17(20)13-16-14-18-10-12-21-16/h3-9,16,18H,2,10-14H2,1H3/b9-6+. The van der Waals surface area contributed by atoms with Gasteiger partial charge < -0.3 is 15.0 Å². The van der Waals surface area contributed by atoms with Crippen molar-refractivity contribution < 1.29 is 9.53 Å². The lowest BCUT2D eigenvalue weighted by molar-refractivity contribution is -0.134. The van der Waals surface area contributed by atoms with Crippen LogP contribution >= 0.6 is 0 Å². The molecule has 0 aliphatic carbocycles. The predicted octanol–water partition coefficient (Wildman–Crippen LogP) is 1.93. The highest BCUT2D eigenvalue weighted by Crippen LogP contribution is 2.06. The average Bonchev–Trinajstić information content (AvgIpc) is 2.53. The van der Waals surface area contributed by atoms with Crippen molar-refractivity contribution in [1.29, 1.82) is 0 Å². The molecule has 1 amide bonds. The van der Waals surface area contributed by atoms with Crippen LogP contribution in [0.3, 0.4) is 0 Å². The van der Waals surface area contributed by atoms with Gasteiger partial charge in [0.25, 0.3) is 0 Å². The number of nitrogens with zero attached hydrogens (tertiary/aromatic N) is 1. The molecule has 1 N–H and O–H groups in total. The lowest BCUT2D eigenvalue weighted by atomic mass is 10.2. The number of rotatable bonds is 6. The first kappa shape index (κ1) is 15.7. The van der Waals surface area contributed by atoms with E-state index in [4.69, 9.17) is 4.74 Å². The van der Waals surface area contributed by atoms with E-state index < -0.39 is 0 Å². The van der Waals surface area contributed by atoms with Gasteiger partial charge in [0, 0.05) is 26.2 Å². The molecule has 4 nitrogen and oxygen atoms in total. The Hall–Kier alpha value is -1.65. The molecule has 0 bridgehead atoms. The molecule has 1 fully saturated rings. The van der Waals surface area contributed by atoms with E-state index >= 15 is 0 Å². The number of morpholine rings is 1. The van der Waals surface area contributed by atoms with E-state index in [2.05, 4.69) is 23.5 Å². The van der Waals surface area contributed by atoms with Crippen LogP contribution in [0.1, 0.15) is 18.9 Å². The Bertz CT molecular complexity index is 453. The Kier molecular flexibility index (Phi) is 6.44. The molecule has 1 aromatic rings. The van der Waals surface area contributed by atoms with Crippen molar-refractivity contribution in [1.82, 2.24) is 10.2 Å². The minimum Gasteiger partial charge on any atom is -0.375 e. The van der Waals surface area contributed by atoms with Crippen LogP contribution < -0.4 is 5.32 Å². The molecule has 1 saturated heterocycles. The number of amides is 1. The first-order chi connectivity index (χ1) is 10.3. The summed E-state index contributed by atoms with van der Waals surface area (Å²) < 4.78 is 5.59. The zero-order chi connectivity index (χ0) is 14.9. The van der Waals surface area contributed by atoms with Crippen molar-refractivity contribution in [3.63, 3.8) is 0 Å². The number of nitrogens with one attached hydrogen (secondary N) is 1. The van der Waals surface area contributed by atoms with Crippen molar-refractivity contribution in [2.75, 3.05) is 32.8 Å². The second-order valence-electron chi connectivity index (χ2n) is 5.15. The maximum Gasteiger partial charge on any atom is 0.225 e. The quantitative estimate of drug-likeness (QED) is 0.869. The minimum atomic E-state index is 0.0124. The molecule has 1 aromatic carbocycles. The van der Waals surface area contributed by atoms with Crippen LogP contribution in [0.2, 0.25) is 0 Å². The molecule has 0 saturated carbocycles. The number of carbonyl (C=O) groups is 1. The minimum absolute atomic E-state index is 0.0124. The topological polar surface area (TPSA) is 41.6 Å². The van der Waals surface area contributed by atoms with E-state index in [-0.39, 0.29) is 12.0 Å². The molecule has 1 aliphatic rings. The molecule has 1 unspecified atom stereocenters. The molecule has 0 radical (unpaired) electrons. The van der Waals surface area contributed by atoms with Gasteiger partial charge in [-0.05, 0) is 12.5 Å². The van der Waals surface area contributed by atoms with Crippen LogP contribution in [0.15, 0.2) is 36.4 Å². The lowest BCUT2D eigenvalue weighted by Crippen LogP contribution is -2.42. The number of carbonyl (C=O) groups excluding carboxylic acids is 1. The fraction of sp³-hybridized carbons (Fsp3) is 0.471. The van der Waals surface area contributed by atoms with Gasteiger partial charge >= 0.3 is 0 Å². The molecule has 21 heavy (non-hydrogen) atoms. The third kappa shape index (κ3) is 5.33. The third-order valence-electron chi connectivity index (χ3n) is 3.58. The van der Waals surface area contributed by atoms with Gasteiger partial charge in [0.1, 0.15) is 0 Å². The van der Waals surface area contributed by atoms with Crippen LogP contribution in [0, 0.1) is 0 Å². The van der Waals surface area contributed by atoms with Gasteiger partial charge in [-0.3, -0.25) is 4.79 Å². The molecule has 1 atom stereocenters. The molecule has 1 heterocycles. The third-order valence-corrected chi connectivity index (χ3v) is 3.58. The number of benzene rings is 1. The van der Waals surface area contributed by atoms with Gasteiger partial charge in [-0.1, -0.05) is 42.5 Å². The van der Waals surface area contributed by atoms with Crippen LogP contribution in [-0.4, -0.2) is 49.7 Å². The fourth-order valence-corrected chi connectivity index (χ4v) is 2.36. The fourth-order valence-electron chi connectivity index (χ4n) is 2.36. The van der Waals surface area contributed by atoms with E-state index in [9.17, 15) is 4.79 Å². The number of hydrogen-bond donors (Lipinski definition) is 1. The van der Waals surface area contributed by atoms with E-state index in [1.165, 1.54) is 0 Å². The highest BCUT2D eigenvalue weighted by Gasteiger charge is 2.20. The van der Waals surface area contributed by atoms with Crippen LogP contribution in [0.5, 0.6) is 0 Å². The molecule has 2 rings (SSSR count). The van der Waals surface area contributed by atoms with Crippen LogP contribution in [0.25, 0.3) is 6.08 Å². The SMILES string of the molecule is CCN(C/C=C/c1ccccc1)C(=O)CC1CNCCO1. The monoisotopic (exact) mass is 288 g/mol. The molecule has 0 spiro atoms. The molecular weight excluding hydrogens is 264 g/mol. The summed E-state index contributed by atoms with van der Waals surface area (Å²) in [5.41, 5.74) is 1.15. The van der Waals surface area contributed by atoms with Gasteiger partial charge in [0.2, 0.25) is 5.91 Å². The molecule has 0 aromatic heterocycles. The van der Waals surface area contributed by atoms with Crippen molar-refractivity contribution in [2.45, 2.75) is 19.4 Å². The zero-order valence-electron chi connectivity index (χ0n) is 12.6. The molecular formula is C17H24N2O2. The summed E-state index contributed by atoms with van der Waals surface area (Å²) in [5.74, 6) is 0.156. The first-order valence-electron chi connectivity index (χ1n) is 7.61. The normalized spacial score (nSPS) is 18.8. The van der Waals surface area contributed by atoms with Crippen molar-refractivity contribution in [3.05, 3.63) is 42.0 Å². The average molecular weight is 288 g/mol. The largest absolute Gasteiger partial charge is 0.375 e. The number of ether oxygens (including phenoxy) is 1. The summed E-state index contributed by atoms with van der Waals surface area (Å²) in [6.07, 6.45) is 4.56. The Morgan fingerprint density at radius 2 is 2.24 bits per heavy atom. The second-order valence-corrected chi connectivity index (χ2v) is 5.15. The molecule has 4 heteroatoms. The Balaban J connectivity index is 1.81.